The van der Waals surface area contributed by atoms with Crippen LogP contribution in [0.1, 0.15) is 51.2 Å². The van der Waals surface area contributed by atoms with Crippen molar-refractivity contribution in [1.29, 1.82) is 0 Å². The fourth-order valence-corrected chi connectivity index (χ4v) is 4.21. The van der Waals surface area contributed by atoms with Gasteiger partial charge in [-0.2, -0.15) is 0 Å². The second-order valence-corrected chi connectivity index (χ2v) is 8.20. The number of aromatic amines is 1. The number of ether oxygens (including phenoxy) is 3. The normalized spacial score (nSPS) is 33.4. The molecule has 166 valence electrons. The summed E-state index contributed by atoms with van der Waals surface area (Å²) < 4.78 is 32.2. The fraction of sp³-hybridized carbons (Fsp3) is 0.737. The maximum Gasteiger partial charge on any atom is 0.338 e. The molecule has 0 aromatic carbocycles. The average molecular weight is 428 g/mol. The lowest BCUT2D eigenvalue weighted by molar-refractivity contribution is -0.232. The van der Waals surface area contributed by atoms with E-state index >= 15 is 4.39 Å². The van der Waals surface area contributed by atoms with Crippen molar-refractivity contribution < 1.29 is 33.6 Å². The summed E-state index contributed by atoms with van der Waals surface area (Å²) in [6, 6.07) is 0.989. The van der Waals surface area contributed by atoms with Gasteiger partial charge in [0.1, 0.15) is 12.2 Å². The standard InChI is InChI=1S/C19H25FN2O8/c20-19(10-28-16(26)18(7-3-8-18)29-11-4-1-2-5-11)14(25)13(24)15(30-19)22-9-6-12(23)21-17(22)27/h6,9,11,13-15,24-25H,1-5,7-8,10H2,(H,21,23,27)/t13-,14+,15-,19-/m1/s1. The molecule has 3 fully saturated rings. The lowest BCUT2D eigenvalue weighted by Crippen LogP contribution is -2.52. The predicted molar refractivity (Wildman–Crippen MR) is 98.2 cm³/mol. The van der Waals surface area contributed by atoms with Crippen LogP contribution in [0.5, 0.6) is 0 Å². The maximum atomic E-state index is 15.2. The number of nitrogens with zero attached hydrogens (tertiary/aromatic N) is 1. The van der Waals surface area contributed by atoms with Gasteiger partial charge in [0.05, 0.1) is 6.10 Å². The number of H-pyrrole nitrogens is 1. The summed E-state index contributed by atoms with van der Waals surface area (Å²) >= 11 is 0. The molecule has 3 N–H and O–H groups in total. The van der Waals surface area contributed by atoms with Crippen LogP contribution in [0.2, 0.25) is 0 Å². The van der Waals surface area contributed by atoms with Crippen LogP contribution in [0, 0.1) is 0 Å². The van der Waals surface area contributed by atoms with Crippen LogP contribution in [-0.2, 0) is 19.0 Å². The van der Waals surface area contributed by atoms with Gasteiger partial charge in [0.15, 0.2) is 18.4 Å². The molecule has 0 spiro atoms. The first-order valence-electron chi connectivity index (χ1n) is 10.1. The number of aliphatic hydroxyl groups is 2. The number of esters is 1. The van der Waals surface area contributed by atoms with Crippen LogP contribution in [0.4, 0.5) is 4.39 Å². The van der Waals surface area contributed by atoms with E-state index in [0.29, 0.717) is 12.8 Å². The van der Waals surface area contributed by atoms with Gasteiger partial charge in [-0.05, 0) is 32.1 Å². The number of nitrogens with one attached hydrogen (secondary N) is 1. The quantitative estimate of drug-likeness (QED) is 0.533. The Hall–Kier alpha value is -2.08. The largest absolute Gasteiger partial charge is 0.457 e. The highest BCUT2D eigenvalue weighted by Gasteiger charge is 2.58. The summed E-state index contributed by atoms with van der Waals surface area (Å²) in [6.07, 6.45) is 1.01. The summed E-state index contributed by atoms with van der Waals surface area (Å²) in [7, 11) is 0. The second kappa shape index (κ2) is 7.88. The molecular formula is C19H25FN2O8. The molecule has 30 heavy (non-hydrogen) atoms. The third-order valence-electron chi connectivity index (χ3n) is 6.13. The lowest BCUT2D eigenvalue weighted by Gasteiger charge is -2.41. The molecule has 0 radical (unpaired) electrons. The Morgan fingerprint density at radius 1 is 1.27 bits per heavy atom. The minimum absolute atomic E-state index is 0.0242. The van der Waals surface area contributed by atoms with Crippen LogP contribution in [0.25, 0.3) is 0 Å². The first-order valence-corrected chi connectivity index (χ1v) is 10.1. The summed E-state index contributed by atoms with van der Waals surface area (Å²) in [6.45, 7) is -0.978. The molecule has 0 bridgehead atoms. The highest BCUT2D eigenvalue weighted by molar-refractivity contribution is 5.80. The van der Waals surface area contributed by atoms with Gasteiger partial charge in [0, 0.05) is 12.3 Å². The molecule has 2 aliphatic carbocycles. The third-order valence-corrected chi connectivity index (χ3v) is 6.13. The molecule has 1 saturated heterocycles. The molecule has 2 heterocycles. The van der Waals surface area contributed by atoms with Gasteiger partial charge in [-0.25, -0.2) is 14.0 Å². The van der Waals surface area contributed by atoms with Crippen LogP contribution in [0.15, 0.2) is 21.9 Å². The topological polar surface area (TPSA) is 140 Å². The smallest absolute Gasteiger partial charge is 0.338 e. The molecular weight excluding hydrogens is 403 g/mol. The van der Waals surface area contributed by atoms with E-state index in [1.807, 2.05) is 4.98 Å². The van der Waals surface area contributed by atoms with Crippen LogP contribution in [0.3, 0.4) is 0 Å². The summed E-state index contributed by atoms with van der Waals surface area (Å²) in [5.41, 5.74) is -2.74. The Labute approximate surface area is 170 Å². The van der Waals surface area contributed by atoms with Gasteiger partial charge in [0.2, 0.25) is 0 Å². The van der Waals surface area contributed by atoms with Gasteiger partial charge in [-0.1, -0.05) is 12.8 Å². The van der Waals surface area contributed by atoms with E-state index in [1.54, 1.807) is 0 Å². The predicted octanol–water partition coefficient (Wildman–Crippen LogP) is -0.122. The van der Waals surface area contributed by atoms with Gasteiger partial charge in [-0.15, -0.1) is 0 Å². The van der Waals surface area contributed by atoms with Crippen molar-refractivity contribution in [2.24, 2.45) is 0 Å². The highest BCUT2D eigenvalue weighted by atomic mass is 19.2. The van der Waals surface area contributed by atoms with E-state index in [2.05, 4.69) is 0 Å². The Kier molecular flexibility index (Phi) is 5.56. The van der Waals surface area contributed by atoms with Crippen molar-refractivity contribution in [2.75, 3.05) is 6.61 Å². The van der Waals surface area contributed by atoms with Crippen LogP contribution < -0.4 is 11.2 Å². The number of carbonyl (C=O) groups is 1. The van der Waals surface area contributed by atoms with Gasteiger partial charge >= 0.3 is 11.7 Å². The number of halogens is 1. The number of hydrogen-bond acceptors (Lipinski definition) is 8. The van der Waals surface area contributed by atoms with E-state index in [-0.39, 0.29) is 6.10 Å². The van der Waals surface area contributed by atoms with Crippen molar-refractivity contribution in [3.05, 3.63) is 33.1 Å². The first-order chi connectivity index (χ1) is 14.2. The number of hydrogen-bond donors (Lipinski definition) is 3. The SMILES string of the molecule is O=C(OC[C@@]1(F)O[C@@H](n2ccc(=O)[nH]c2=O)[C@H](O)[C@@H]1O)C1(OC2CCCC2)CCC1. The lowest BCUT2D eigenvalue weighted by atomic mass is 9.79. The number of carbonyl (C=O) groups excluding carboxylic acids is 1. The molecule has 10 nitrogen and oxygen atoms in total. The first kappa shape index (κ1) is 21.2. The van der Waals surface area contributed by atoms with Crippen molar-refractivity contribution in [3.63, 3.8) is 0 Å². The second-order valence-electron chi connectivity index (χ2n) is 8.20. The van der Waals surface area contributed by atoms with Crippen molar-refractivity contribution in [1.82, 2.24) is 9.55 Å². The molecule has 1 aromatic rings. The monoisotopic (exact) mass is 428 g/mol. The van der Waals surface area contributed by atoms with Crippen molar-refractivity contribution in [3.8, 4) is 0 Å². The molecule has 11 heteroatoms. The highest BCUT2D eigenvalue weighted by Crippen LogP contribution is 2.42. The number of alkyl halides is 1. The van der Waals surface area contributed by atoms with E-state index in [4.69, 9.17) is 14.2 Å². The Balaban J connectivity index is 1.44. The van der Waals surface area contributed by atoms with Gasteiger partial charge < -0.3 is 24.4 Å². The summed E-state index contributed by atoms with van der Waals surface area (Å²) in [5, 5.41) is 20.3. The zero-order valence-electron chi connectivity index (χ0n) is 16.3. The molecule has 0 amide bonds. The fourth-order valence-electron chi connectivity index (χ4n) is 4.21. The molecule has 0 unspecified atom stereocenters. The zero-order valence-corrected chi connectivity index (χ0v) is 16.3. The molecule has 1 aromatic heterocycles. The Bertz CT molecular complexity index is 906. The van der Waals surface area contributed by atoms with Gasteiger partial charge in [-0.3, -0.25) is 14.3 Å². The number of aliphatic hydroxyl groups excluding tert-OH is 2. The van der Waals surface area contributed by atoms with Crippen molar-refractivity contribution >= 4 is 5.97 Å². The molecule has 4 rings (SSSR count). The molecule has 4 atom stereocenters. The summed E-state index contributed by atoms with van der Waals surface area (Å²) in [5.74, 6) is -3.67. The Morgan fingerprint density at radius 2 is 1.97 bits per heavy atom. The van der Waals surface area contributed by atoms with E-state index in [0.717, 1.165) is 48.9 Å². The van der Waals surface area contributed by atoms with E-state index < -0.39 is 53.7 Å². The third kappa shape index (κ3) is 3.70. The maximum absolute atomic E-state index is 15.2. The minimum atomic E-state index is -2.94. The van der Waals surface area contributed by atoms with E-state index in [1.165, 1.54) is 0 Å². The molecule has 3 aliphatic rings. The van der Waals surface area contributed by atoms with Crippen molar-refractivity contribution in [2.45, 2.75) is 80.9 Å². The summed E-state index contributed by atoms with van der Waals surface area (Å²) in [4.78, 5) is 37.7. The average Bonchev–Trinajstić information content (AvgIpc) is 3.26. The van der Waals surface area contributed by atoms with Crippen LogP contribution >= 0.6 is 0 Å². The van der Waals surface area contributed by atoms with Crippen LogP contribution in [-0.4, -0.2) is 62.1 Å². The zero-order chi connectivity index (χ0) is 21.5. The van der Waals surface area contributed by atoms with Gasteiger partial charge in [0.25, 0.3) is 11.4 Å². The van der Waals surface area contributed by atoms with E-state index in [9.17, 15) is 24.6 Å². The number of aromatic nitrogens is 2. The minimum Gasteiger partial charge on any atom is -0.457 e. The Morgan fingerprint density at radius 3 is 2.57 bits per heavy atom. The molecule has 1 aliphatic heterocycles. The number of rotatable bonds is 6. The molecule has 2 saturated carbocycles.